The summed E-state index contributed by atoms with van der Waals surface area (Å²) in [6, 6.07) is 5.65. The summed E-state index contributed by atoms with van der Waals surface area (Å²) >= 11 is 6.37. The van der Waals surface area contributed by atoms with Crippen LogP contribution in [0.3, 0.4) is 0 Å². The number of aryl methyl sites for hydroxylation is 1. The first kappa shape index (κ1) is 18.3. The van der Waals surface area contributed by atoms with Crippen LogP contribution in [0, 0.1) is 13.8 Å². The number of ether oxygens (including phenoxy) is 1. The normalized spacial score (nSPS) is 11.0. The molecule has 0 saturated heterocycles. The molecule has 0 aliphatic rings. The maximum absolute atomic E-state index is 12.1. The van der Waals surface area contributed by atoms with Crippen LogP contribution < -0.4 is 5.73 Å². The van der Waals surface area contributed by atoms with Gasteiger partial charge in [-0.05, 0) is 49.9 Å². The molecule has 4 nitrogen and oxygen atoms in total. The Hall–Kier alpha value is -2.07. The summed E-state index contributed by atoms with van der Waals surface area (Å²) in [5, 5.41) is 0.340. The number of pyridine rings is 1. The Kier molecular flexibility index (Phi) is 5.50. The van der Waals surface area contributed by atoms with Crippen LogP contribution in [0.1, 0.15) is 53.9 Å². The second-order valence-corrected chi connectivity index (χ2v) is 6.48. The monoisotopic (exact) mass is 346 g/mol. The van der Waals surface area contributed by atoms with E-state index in [2.05, 4.69) is 18.8 Å². The topological polar surface area (TPSA) is 65.2 Å². The van der Waals surface area contributed by atoms with Crippen LogP contribution in [0.25, 0.3) is 11.3 Å². The van der Waals surface area contributed by atoms with Gasteiger partial charge in [0.15, 0.2) is 0 Å². The third kappa shape index (κ3) is 3.39. The predicted molar refractivity (Wildman–Crippen MR) is 98.6 cm³/mol. The van der Waals surface area contributed by atoms with Gasteiger partial charge in [0.05, 0.1) is 28.6 Å². The van der Waals surface area contributed by atoms with Gasteiger partial charge in [-0.1, -0.05) is 31.5 Å². The van der Waals surface area contributed by atoms with Crippen molar-refractivity contribution >= 4 is 23.3 Å². The first-order valence-electron chi connectivity index (χ1n) is 8.01. The zero-order valence-corrected chi connectivity index (χ0v) is 15.5. The van der Waals surface area contributed by atoms with E-state index in [1.807, 2.05) is 19.1 Å². The van der Waals surface area contributed by atoms with Crippen LogP contribution in [0.4, 0.5) is 5.69 Å². The number of benzene rings is 1. The van der Waals surface area contributed by atoms with E-state index in [0.717, 1.165) is 22.4 Å². The van der Waals surface area contributed by atoms with Crippen molar-refractivity contribution in [1.29, 1.82) is 0 Å². The van der Waals surface area contributed by atoms with E-state index in [1.165, 1.54) is 0 Å². The molecule has 1 aromatic carbocycles. The number of nitrogens with two attached hydrogens (primary N) is 1. The maximum Gasteiger partial charge on any atom is 0.341 e. The number of aromatic nitrogens is 1. The van der Waals surface area contributed by atoms with Crippen molar-refractivity contribution in [3.05, 3.63) is 45.6 Å². The van der Waals surface area contributed by atoms with Gasteiger partial charge in [0, 0.05) is 11.3 Å². The van der Waals surface area contributed by atoms with Crippen molar-refractivity contribution in [3.63, 3.8) is 0 Å². The highest BCUT2D eigenvalue weighted by atomic mass is 35.5. The van der Waals surface area contributed by atoms with Crippen molar-refractivity contribution in [2.24, 2.45) is 0 Å². The molecule has 0 unspecified atom stereocenters. The average molecular weight is 347 g/mol. The molecule has 2 N–H and O–H groups in total. The van der Waals surface area contributed by atoms with Crippen molar-refractivity contribution in [3.8, 4) is 11.3 Å². The Balaban J connectivity index is 2.68. The Bertz CT molecular complexity index is 762. The molecule has 0 aliphatic carbocycles. The fraction of sp³-hybridized carbons (Fsp3) is 0.368. The fourth-order valence-electron chi connectivity index (χ4n) is 2.78. The van der Waals surface area contributed by atoms with Gasteiger partial charge in [-0.3, -0.25) is 4.98 Å². The molecule has 1 heterocycles. The molecule has 0 bridgehead atoms. The molecule has 0 atom stereocenters. The molecule has 2 rings (SSSR count). The second kappa shape index (κ2) is 7.22. The average Bonchev–Trinajstić information content (AvgIpc) is 2.49. The first-order valence-corrected chi connectivity index (χ1v) is 8.39. The largest absolute Gasteiger partial charge is 0.462 e. The molecule has 0 amide bonds. The Morgan fingerprint density at radius 1 is 1.33 bits per heavy atom. The van der Waals surface area contributed by atoms with Gasteiger partial charge in [-0.2, -0.15) is 0 Å². The highest BCUT2D eigenvalue weighted by molar-refractivity contribution is 6.34. The lowest BCUT2D eigenvalue weighted by atomic mass is 9.90. The van der Waals surface area contributed by atoms with Crippen LogP contribution in [-0.4, -0.2) is 17.6 Å². The summed E-state index contributed by atoms with van der Waals surface area (Å²) in [7, 11) is 0. The van der Waals surface area contributed by atoms with E-state index in [1.54, 1.807) is 19.9 Å². The van der Waals surface area contributed by atoms with Gasteiger partial charge in [0.1, 0.15) is 0 Å². The summed E-state index contributed by atoms with van der Waals surface area (Å²) < 4.78 is 5.06. The third-order valence-corrected chi connectivity index (χ3v) is 4.35. The fourth-order valence-corrected chi connectivity index (χ4v) is 3.10. The van der Waals surface area contributed by atoms with E-state index in [9.17, 15) is 4.79 Å². The molecular weight excluding hydrogens is 324 g/mol. The molecule has 0 saturated carbocycles. The smallest absolute Gasteiger partial charge is 0.341 e. The zero-order chi connectivity index (χ0) is 18.0. The van der Waals surface area contributed by atoms with Crippen LogP contribution in [-0.2, 0) is 4.74 Å². The number of esters is 1. The molecule has 0 radical (unpaired) electrons. The molecule has 5 heteroatoms. The number of carbonyl (C=O) groups excluding carboxylic acids is 1. The minimum Gasteiger partial charge on any atom is -0.462 e. The van der Waals surface area contributed by atoms with Crippen LogP contribution in [0.2, 0.25) is 5.02 Å². The Morgan fingerprint density at radius 2 is 2.00 bits per heavy atom. The quantitative estimate of drug-likeness (QED) is 0.631. The molecule has 2 aromatic rings. The molecule has 0 spiro atoms. The summed E-state index contributed by atoms with van der Waals surface area (Å²) in [6.07, 6.45) is 0. The number of nitrogens with zero attached hydrogens (tertiary/aromatic N) is 1. The number of hydrogen-bond acceptors (Lipinski definition) is 4. The van der Waals surface area contributed by atoms with Crippen LogP contribution >= 0.6 is 11.6 Å². The van der Waals surface area contributed by atoms with E-state index in [0.29, 0.717) is 34.5 Å². The number of halogens is 1. The van der Waals surface area contributed by atoms with Crippen LogP contribution in [0.5, 0.6) is 0 Å². The van der Waals surface area contributed by atoms with Crippen LogP contribution in [0.15, 0.2) is 18.2 Å². The number of nitrogen functional groups attached to an aromatic ring is 1. The van der Waals surface area contributed by atoms with Crippen molar-refractivity contribution in [2.45, 2.75) is 40.5 Å². The van der Waals surface area contributed by atoms with Gasteiger partial charge >= 0.3 is 5.97 Å². The number of carbonyl (C=O) groups is 1. The third-order valence-electron chi connectivity index (χ3n) is 4.05. The molecular formula is C19H23ClN2O2. The molecule has 1 aromatic heterocycles. The van der Waals surface area contributed by atoms with E-state index in [-0.39, 0.29) is 0 Å². The van der Waals surface area contributed by atoms with Crippen molar-refractivity contribution in [1.82, 2.24) is 4.98 Å². The summed E-state index contributed by atoms with van der Waals surface area (Å²) in [5.41, 5.74) is 11.5. The summed E-state index contributed by atoms with van der Waals surface area (Å²) in [5.74, 6) is -0.141. The first-order chi connectivity index (χ1) is 11.3. The number of hydrogen-bond donors (Lipinski definition) is 1. The van der Waals surface area contributed by atoms with Gasteiger partial charge in [-0.25, -0.2) is 4.79 Å². The second-order valence-electron chi connectivity index (χ2n) is 6.07. The summed E-state index contributed by atoms with van der Waals surface area (Å²) in [6.45, 7) is 10.0. The molecule has 0 fully saturated rings. The maximum atomic E-state index is 12.1. The Labute approximate surface area is 148 Å². The van der Waals surface area contributed by atoms with Gasteiger partial charge < -0.3 is 10.5 Å². The lowest BCUT2D eigenvalue weighted by Crippen LogP contribution is -2.10. The lowest BCUT2D eigenvalue weighted by Gasteiger charge is -2.18. The number of anilines is 1. The zero-order valence-electron chi connectivity index (χ0n) is 14.7. The van der Waals surface area contributed by atoms with E-state index < -0.39 is 5.97 Å². The minimum atomic E-state index is -0.451. The highest BCUT2D eigenvalue weighted by Gasteiger charge is 2.20. The summed E-state index contributed by atoms with van der Waals surface area (Å²) in [4.78, 5) is 16.7. The highest BCUT2D eigenvalue weighted by Crippen LogP contribution is 2.36. The van der Waals surface area contributed by atoms with Crippen molar-refractivity contribution in [2.75, 3.05) is 12.3 Å². The standard InChI is InChI=1S/C19H23ClN2O2/c1-6-24-19(23)18-12(5)22-16(9-14(18)20)17-11(4)15(21)8-7-13(17)10(2)3/h7-10H,6,21H2,1-5H3. The predicted octanol–water partition coefficient (Wildman–Crippen LogP) is 4.90. The molecule has 128 valence electrons. The SMILES string of the molecule is CCOC(=O)c1c(Cl)cc(-c2c(C(C)C)ccc(N)c2C)nc1C. The van der Waals surface area contributed by atoms with Gasteiger partial charge in [0.2, 0.25) is 0 Å². The Morgan fingerprint density at radius 3 is 2.54 bits per heavy atom. The van der Waals surface area contributed by atoms with E-state index in [4.69, 9.17) is 22.1 Å². The van der Waals surface area contributed by atoms with E-state index >= 15 is 0 Å². The van der Waals surface area contributed by atoms with Gasteiger partial charge in [0.25, 0.3) is 0 Å². The molecule has 0 aliphatic heterocycles. The molecule has 24 heavy (non-hydrogen) atoms. The van der Waals surface area contributed by atoms with Gasteiger partial charge in [-0.15, -0.1) is 0 Å². The van der Waals surface area contributed by atoms with Crippen molar-refractivity contribution < 1.29 is 9.53 Å². The minimum absolute atomic E-state index is 0.294. The number of rotatable bonds is 4. The lowest BCUT2D eigenvalue weighted by molar-refractivity contribution is 0.0525.